The summed E-state index contributed by atoms with van der Waals surface area (Å²) in [6.45, 7) is 4.46. The summed E-state index contributed by atoms with van der Waals surface area (Å²) in [7, 11) is 0. The smallest absolute Gasteiger partial charge is 0.257 e. The number of nitrogens with one attached hydrogen (secondary N) is 2. The van der Waals surface area contributed by atoms with Crippen LogP contribution in [0.1, 0.15) is 35.5 Å². The van der Waals surface area contributed by atoms with Gasteiger partial charge in [0.25, 0.3) is 5.91 Å². The molecule has 3 amide bonds. The van der Waals surface area contributed by atoms with Gasteiger partial charge in [-0.05, 0) is 30.7 Å². The summed E-state index contributed by atoms with van der Waals surface area (Å²) >= 11 is 1.27. The number of anilines is 2. The molecule has 0 aliphatic heterocycles. The van der Waals surface area contributed by atoms with Crippen molar-refractivity contribution < 1.29 is 14.4 Å². The average Bonchev–Trinajstić information content (AvgIpc) is 3.19. The first kappa shape index (κ1) is 22.2. The van der Waals surface area contributed by atoms with Gasteiger partial charge < -0.3 is 10.2 Å². The van der Waals surface area contributed by atoms with E-state index >= 15 is 0 Å². The number of carbonyl (C=O) groups is 3. The van der Waals surface area contributed by atoms with Gasteiger partial charge in [-0.2, -0.15) is 0 Å². The highest BCUT2D eigenvalue weighted by molar-refractivity contribution is 7.14. The standard InChI is InChI=1S/C23H24N4O3S/c1-3-27(16(2)28)14-18-11-7-8-12-20(18)25-21(29)13-19-15-31-23(24-19)26-22(30)17-9-5-4-6-10-17/h4-12,15H,3,13-14H2,1-2H3,(H,25,29)(H,24,26,30). The van der Waals surface area contributed by atoms with Crippen molar-refractivity contribution in [3.8, 4) is 0 Å². The molecule has 0 atom stereocenters. The molecule has 2 N–H and O–H groups in total. The Morgan fingerprint density at radius 2 is 1.71 bits per heavy atom. The summed E-state index contributed by atoms with van der Waals surface area (Å²) in [5, 5.41) is 7.84. The molecular formula is C23H24N4O3S. The zero-order chi connectivity index (χ0) is 22.2. The van der Waals surface area contributed by atoms with Crippen LogP contribution in [-0.4, -0.2) is 34.2 Å². The highest BCUT2D eigenvalue weighted by atomic mass is 32.1. The number of aromatic nitrogens is 1. The Labute approximate surface area is 185 Å². The number of amides is 3. The number of carbonyl (C=O) groups excluding carboxylic acids is 3. The molecule has 7 nitrogen and oxygen atoms in total. The normalized spacial score (nSPS) is 10.4. The van der Waals surface area contributed by atoms with Crippen molar-refractivity contribution in [3.63, 3.8) is 0 Å². The van der Waals surface area contributed by atoms with Crippen LogP contribution in [0.15, 0.2) is 60.0 Å². The van der Waals surface area contributed by atoms with Crippen molar-refractivity contribution in [2.45, 2.75) is 26.8 Å². The number of nitrogens with zero attached hydrogens (tertiary/aromatic N) is 2. The van der Waals surface area contributed by atoms with Crippen LogP contribution in [0.5, 0.6) is 0 Å². The van der Waals surface area contributed by atoms with Crippen molar-refractivity contribution in [3.05, 3.63) is 76.8 Å². The SMILES string of the molecule is CCN(Cc1ccccc1NC(=O)Cc1csc(NC(=O)c2ccccc2)n1)C(C)=O. The van der Waals surface area contributed by atoms with E-state index in [1.807, 2.05) is 37.3 Å². The van der Waals surface area contributed by atoms with Crippen LogP contribution in [0.4, 0.5) is 10.8 Å². The first-order valence-corrected chi connectivity index (χ1v) is 10.8. The molecule has 0 fully saturated rings. The molecule has 0 aliphatic carbocycles. The Balaban J connectivity index is 1.61. The lowest BCUT2D eigenvalue weighted by atomic mass is 10.1. The highest BCUT2D eigenvalue weighted by Gasteiger charge is 2.14. The van der Waals surface area contributed by atoms with E-state index in [4.69, 9.17) is 0 Å². The molecule has 3 rings (SSSR count). The number of rotatable bonds is 8. The van der Waals surface area contributed by atoms with Gasteiger partial charge in [0, 0.05) is 36.6 Å². The first-order chi connectivity index (χ1) is 15.0. The van der Waals surface area contributed by atoms with Gasteiger partial charge in [0.1, 0.15) is 0 Å². The van der Waals surface area contributed by atoms with E-state index in [1.165, 1.54) is 18.3 Å². The van der Waals surface area contributed by atoms with Crippen molar-refractivity contribution in [1.82, 2.24) is 9.88 Å². The average molecular weight is 437 g/mol. The lowest BCUT2D eigenvalue weighted by Gasteiger charge is -2.21. The number of para-hydroxylation sites is 1. The van der Waals surface area contributed by atoms with Gasteiger partial charge >= 0.3 is 0 Å². The van der Waals surface area contributed by atoms with Crippen LogP contribution >= 0.6 is 11.3 Å². The fourth-order valence-electron chi connectivity index (χ4n) is 2.99. The van der Waals surface area contributed by atoms with Crippen LogP contribution in [0.3, 0.4) is 0 Å². The van der Waals surface area contributed by atoms with Crippen LogP contribution in [0, 0.1) is 0 Å². The number of benzene rings is 2. The largest absolute Gasteiger partial charge is 0.339 e. The fraction of sp³-hybridized carbons (Fsp3) is 0.217. The van der Waals surface area contributed by atoms with Gasteiger partial charge in [-0.3, -0.25) is 19.7 Å². The molecule has 0 saturated heterocycles. The van der Waals surface area contributed by atoms with Crippen molar-refractivity contribution >= 4 is 39.9 Å². The Hall–Kier alpha value is -3.52. The zero-order valence-electron chi connectivity index (χ0n) is 17.4. The second-order valence-electron chi connectivity index (χ2n) is 6.88. The van der Waals surface area contributed by atoms with E-state index in [-0.39, 0.29) is 24.1 Å². The van der Waals surface area contributed by atoms with Crippen LogP contribution in [0.25, 0.3) is 0 Å². The Morgan fingerprint density at radius 1 is 1.00 bits per heavy atom. The molecule has 0 saturated carbocycles. The predicted octanol–water partition coefficient (Wildman–Crippen LogP) is 3.95. The Morgan fingerprint density at radius 3 is 2.42 bits per heavy atom. The maximum atomic E-state index is 12.6. The second-order valence-corrected chi connectivity index (χ2v) is 7.74. The lowest BCUT2D eigenvalue weighted by Crippen LogP contribution is -2.28. The van der Waals surface area contributed by atoms with Crippen LogP contribution < -0.4 is 10.6 Å². The van der Waals surface area contributed by atoms with Gasteiger partial charge in [0.2, 0.25) is 11.8 Å². The van der Waals surface area contributed by atoms with Gasteiger partial charge in [0.05, 0.1) is 12.1 Å². The predicted molar refractivity (Wildman–Crippen MR) is 122 cm³/mol. The lowest BCUT2D eigenvalue weighted by molar-refractivity contribution is -0.129. The van der Waals surface area contributed by atoms with Crippen molar-refractivity contribution in [1.29, 1.82) is 0 Å². The van der Waals surface area contributed by atoms with Gasteiger partial charge in [-0.25, -0.2) is 4.98 Å². The van der Waals surface area contributed by atoms with Crippen LogP contribution in [0.2, 0.25) is 0 Å². The quantitative estimate of drug-likeness (QED) is 0.559. The van der Waals surface area contributed by atoms with Gasteiger partial charge in [-0.1, -0.05) is 36.4 Å². The van der Waals surface area contributed by atoms with Crippen LogP contribution in [-0.2, 0) is 22.6 Å². The van der Waals surface area contributed by atoms with E-state index < -0.39 is 0 Å². The van der Waals surface area contributed by atoms with E-state index in [1.54, 1.807) is 34.5 Å². The first-order valence-electron chi connectivity index (χ1n) is 9.90. The molecule has 1 heterocycles. The van der Waals surface area contributed by atoms with E-state index in [0.717, 1.165) is 5.56 Å². The third-order valence-electron chi connectivity index (χ3n) is 4.63. The second kappa shape index (κ2) is 10.5. The maximum absolute atomic E-state index is 12.6. The third-order valence-corrected chi connectivity index (χ3v) is 5.44. The topological polar surface area (TPSA) is 91.4 Å². The van der Waals surface area contributed by atoms with Crippen molar-refractivity contribution in [2.75, 3.05) is 17.2 Å². The summed E-state index contributed by atoms with van der Waals surface area (Å²) in [5.41, 5.74) is 2.64. The molecule has 8 heteroatoms. The number of hydrogen-bond donors (Lipinski definition) is 2. The molecule has 0 spiro atoms. The number of thiazole rings is 1. The Bertz CT molecular complexity index is 1070. The summed E-state index contributed by atoms with van der Waals surface area (Å²) in [5.74, 6) is -0.480. The molecule has 1 aromatic heterocycles. The molecule has 0 aliphatic rings. The Kier molecular flexibility index (Phi) is 7.50. The molecule has 0 radical (unpaired) electrons. The molecule has 160 valence electrons. The minimum absolute atomic E-state index is 0.0174. The van der Waals surface area contributed by atoms with E-state index in [9.17, 15) is 14.4 Å². The molecule has 3 aromatic rings. The highest BCUT2D eigenvalue weighted by Crippen LogP contribution is 2.20. The monoisotopic (exact) mass is 436 g/mol. The maximum Gasteiger partial charge on any atom is 0.257 e. The molecule has 0 bridgehead atoms. The summed E-state index contributed by atoms with van der Waals surface area (Å²) in [4.78, 5) is 42.6. The minimum Gasteiger partial charge on any atom is -0.339 e. The van der Waals surface area contributed by atoms with E-state index in [2.05, 4.69) is 15.6 Å². The molecule has 0 unspecified atom stereocenters. The van der Waals surface area contributed by atoms with E-state index in [0.29, 0.717) is 35.2 Å². The van der Waals surface area contributed by atoms with Gasteiger partial charge in [0.15, 0.2) is 5.13 Å². The fourth-order valence-corrected chi connectivity index (χ4v) is 3.70. The van der Waals surface area contributed by atoms with Gasteiger partial charge in [-0.15, -0.1) is 11.3 Å². The summed E-state index contributed by atoms with van der Waals surface area (Å²) < 4.78 is 0. The number of hydrogen-bond acceptors (Lipinski definition) is 5. The van der Waals surface area contributed by atoms with Crippen molar-refractivity contribution in [2.24, 2.45) is 0 Å². The third kappa shape index (κ3) is 6.23. The summed E-state index contributed by atoms with van der Waals surface area (Å²) in [6.07, 6.45) is 0.0796. The molecule has 2 aromatic carbocycles. The molecular weight excluding hydrogens is 412 g/mol. The minimum atomic E-state index is -0.245. The zero-order valence-corrected chi connectivity index (χ0v) is 18.2. The molecule has 31 heavy (non-hydrogen) atoms. The summed E-state index contributed by atoms with van der Waals surface area (Å²) in [6, 6.07) is 16.3.